The van der Waals surface area contributed by atoms with E-state index in [0.29, 0.717) is 61.8 Å². The van der Waals surface area contributed by atoms with Gasteiger partial charge in [-0.3, -0.25) is 34.3 Å². The molecule has 2 aromatic carbocycles. The van der Waals surface area contributed by atoms with E-state index in [0.717, 1.165) is 0 Å². The number of rotatable bonds is 11. The van der Waals surface area contributed by atoms with E-state index in [9.17, 15) is 37.5 Å². The molecule has 2 saturated heterocycles. The second-order valence-electron chi connectivity index (χ2n) is 14.5. The third-order valence-corrected chi connectivity index (χ3v) is 12.9. The average Bonchev–Trinajstić information content (AvgIpc) is 3.53. The SMILES string of the molecule is COc1cc([C@H]2C3=CC[C@@H]4C(=O)N(CCCCCC(=O)O)C(=O)[C@@H]4[C@@H]3C[C@H]3C(=O)N(Nc4ncc(C(F)(F)F)cc4Cl)C(=O)[C@@]23c2ccc(Cl)cc2)cc(I)c1O. The second-order valence-corrected chi connectivity index (χ2v) is 16.5. The molecule has 0 spiro atoms. The number of aliphatic carboxylic acids is 1. The maximum absolute atomic E-state index is 15.4. The third kappa shape index (κ3) is 6.90. The third-order valence-electron chi connectivity index (χ3n) is 11.5. The highest BCUT2D eigenvalue weighted by atomic mass is 127. The van der Waals surface area contributed by atoms with Gasteiger partial charge >= 0.3 is 12.1 Å². The van der Waals surface area contributed by atoms with Crippen LogP contribution in [0.25, 0.3) is 0 Å². The number of methoxy groups -OCH3 is 1. The van der Waals surface area contributed by atoms with Crippen molar-refractivity contribution in [3.05, 3.63) is 90.6 Å². The fraction of sp³-hybridized carbons (Fsp3) is 0.385. The number of hydrazine groups is 1. The molecule has 7 rings (SSSR count). The number of carbonyl (C=O) groups excluding carboxylic acids is 4. The van der Waals surface area contributed by atoms with Crippen LogP contribution in [0, 0.1) is 27.2 Å². The smallest absolute Gasteiger partial charge is 0.417 e. The molecule has 2 aliphatic carbocycles. The van der Waals surface area contributed by atoms with Gasteiger partial charge in [0.25, 0.3) is 11.8 Å². The highest BCUT2D eigenvalue weighted by Crippen LogP contribution is 2.64. The first-order chi connectivity index (χ1) is 27.0. The summed E-state index contributed by atoms with van der Waals surface area (Å²) in [7, 11) is 1.36. The Hall–Kier alpha value is -4.42. The van der Waals surface area contributed by atoms with Gasteiger partial charge in [-0.2, -0.15) is 18.2 Å². The van der Waals surface area contributed by atoms with Crippen molar-refractivity contribution >= 4 is 81.2 Å². The summed E-state index contributed by atoms with van der Waals surface area (Å²) < 4.78 is 46.4. The molecular weight excluding hydrogens is 907 g/mol. The van der Waals surface area contributed by atoms with Crippen LogP contribution in [0.4, 0.5) is 19.0 Å². The molecule has 3 aromatic rings. The molecule has 2 aliphatic heterocycles. The molecule has 300 valence electrons. The van der Waals surface area contributed by atoms with Gasteiger partial charge < -0.3 is 14.9 Å². The van der Waals surface area contributed by atoms with Gasteiger partial charge in [-0.05, 0) is 95.7 Å². The molecule has 1 saturated carbocycles. The van der Waals surface area contributed by atoms with Crippen molar-refractivity contribution in [2.75, 3.05) is 19.1 Å². The van der Waals surface area contributed by atoms with Crippen LogP contribution in [0.2, 0.25) is 10.0 Å². The van der Waals surface area contributed by atoms with Crippen LogP contribution < -0.4 is 10.2 Å². The number of nitrogens with one attached hydrogen (secondary N) is 1. The lowest BCUT2D eigenvalue weighted by Gasteiger charge is -2.50. The van der Waals surface area contributed by atoms with Crippen LogP contribution >= 0.6 is 45.8 Å². The molecule has 3 heterocycles. The van der Waals surface area contributed by atoms with Crippen LogP contribution in [-0.2, 0) is 35.6 Å². The zero-order valence-electron chi connectivity index (χ0n) is 30.0. The number of alkyl halides is 3. The average molecular weight is 942 g/mol. The number of benzene rings is 2. The molecular formula is C39H34Cl2F3IN4O8. The highest BCUT2D eigenvalue weighted by molar-refractivity contribution is 14.1. The summed E-state index contributed by atoms with van der Waals surface area (Å²) in [6, 6.07) is 10.2. The quantitative estimate of drug-likeness (QED) is 0.0766. The number of imide groups is 2. The minimum atomic E-state index is -4.77. The maximum Gasteiger partial charge on any atom is 0.417 e. The second kappa shape index (κ2) is 15.4. The van der Waals surface area contributed by atoms with Crippen LogP contribution in [0.1, 0.15) is 61.1 Å². The molecule has 4 amide bonds. The molecule has 18 heteroatoms. The van der Waals surface area contributed by atoms with Gasteiger partial charge in [0, 0.05) is 30.1 Å². The summed E-state index contributed by atoms with van der Waals surface area (Å²) in [6.45, 7) is 0.0945. The van der Waals surface area contributed by atoms with E-state index >= 15 is 4.79 Å². The topological polar surface area (TPSA) is 166 Å². The van der Waals surface area contributed by atoms with Crippen molar-refractivity contribution < 1.29 is 52.1 Å². The fourth-order valence-electron chi connectivity index (χ4n) is 9.08. The summed E-state index contributed by atoms with van der Waals surface area (Å²) in [4.78, 5) is 74.4. The van der Waals surface area contributed by atoms with E-state index < -0.39 is 75.5 Å². The Balaban J connectivity index is 1.37. The van der Waals surface area contributed by atoms with Crippen LogP contribution in [0.5, 0.6) is 11.5 Å². The number of likely N-dealkylation sites (tertiary alicyclic amines) is 1. The lowest BCUT2D eigenvalue weighted by Crippen LogP contribution is -2.53. The number of carboxylic acids is 1. The van der Waals surface area contributed by atoms with E-state index in [-0.39, 0.29) is 49.0 Å². The lowest BCUT2D eigenvalue weighted by molar-refractivity contribution is -0.141. The number of carboxylic acid groups (broad SMARTS) is 1. The molecule has 57 heavy (non-hydrogen) atoms. The summed E-state index contributed by atoms with van der Waals surface area (Å²) in [5.74, 6) is -8.39. The molecule has 0 unspecified atom stereocenters. The molecule has 0 radical (unpaired) electrons. The number of unbranched alkanes of at least 4 members (excludes halogenated alkanes) is 2. The van der Waals surface area contributed by atoms with Crippen LogP contribution in [0.3, 0.4) is 0 Å². The largest absolute Gasteiger partial charge is 0.504 e. The monoisotopic (exact) mass is 940 g/mol. The number of phenolic OH excluding ortho intramolecular Hbond substituents is 1. The van der Waals surface area contributed by atoms with Crippen molar-refractivity contribution in [1.29, 1.82) is 0 Å². The lowest BCUT2D eigenvalue weighted by atomic mass is 9.49. The number of anilines is 1. The molecule has 0 bridgehead atoms. The summed E-state index contributed by atoms with van der Waals surface area (Å²) >= 11 is 14.5. The summed E-state index contributed by atoms with van der Waals surface area (Å²) in [6.07, 6.45) is -1.09. The van der Waals surface area contributed by atoms with Gasteiger partial charge in [0.05, 0.1) is 44.4 Å². The molecule has 4 aliphatic rings. The molecule has 3 fully saturated rings. The number of fused-ring (bicyclic) bond motifs is 4. The number of aromatic nitrogens is 1. The van der Waals surface area contributed by atoms with E-state index in [2.05, 4.69) is 10.4 Å². The first-order valence-electron chi connectivity index (χ1n) is 18.0. The van der Waals surface area contributed by atoms with Crippen molar-refractivity contribution in [1.82, 2.24) is 14.9 Å². The van der Waals surface area contributed by atoms with Crippen molar-refractivity contribution in [3.63, 3.8) is 0 Å². The van der Waals surface area contributed by atoms with Crippen LogP contribution in [0.15, 0.2) is 60.3 Å². The Labute approximate surface area is 347 Å². The van der Waals surface area contributed by atoms with Gasteiger partial charge in [-0.15, -0.1) is 0 Å². The maximum atomic E-state index is 15.4. The Bertz CT molecular complexity index is 2220. The molecule has 3 N–H and O–H groups in total. The first kappa shape index (κ1) is 40.8. The van der Waals surface area contributed by atoms with Crippen molar-refractivity contribution in [2.45, 2.75) is 56.0 Å². The van der Waals surface area contributed by atoms with Gasteiger partial charge in [0.2, 0.25) is 11.8 Å². The standard InChI is InChI=1S/C39H34Cl2F3IN4O8/c1-57-28-14-18(13-27(45)32(28)52)31-22-10-11-23-30(36(55)48(34(23)53)12-4-2-3-5-29(50)51)24(22)16-25-35(54)49(37(56)38(25,31)19-6-8-21(40)9-7-19)47-33-26(41)15-20(17-46-33)39(42,43)44/h6-10,13-15,17,23-25,30-31,52H,2-5,11-12,16H2,1H3,(H,46,47)(H,50,51)/t23-,24+,25-,30-,31-,38+/m0/s1. The van der Waals surface area contributed by atoms with E-state index in [4.69, 9.17) is 33.0 Å². The summed E-state index contributed by atoms with van der Waals surface area (Å²) in [5.41, 5.74) is 1.12. The Kier molecular flexibility index (Phi) is 11.0. The number of halogens is 6. The van der Waals surface area contributed by atoms with Crippen molar-refractivity contribution in [2.24, 2.45) is 23.7 Å². The number of hydrogen-bond acceptors (Lipinski definition) is 9. The number of aromatic hydroxyl groups is 1. The minimum absolute atomic E-state index is 0.0403. The Morgan fingerprint density at radius 1 is 1.04 bits per heavy atom. The minimum Gasteiger partial charge on any atom is -0.504 e. The Morgan fingerprint density at radius 2 is 1.75 bits per heavy atom. The van der Waals surface area contributed by atoms with E-state index in [1.54, 1.807) is 36.4 Å². The fourth-order valence-corrected chi connectivity index (χ4v) is 10.0. The first-order valence-corrected chi connectivity index (χ1v) is 19.8. The number of hydrogen-bond donors (Lipinski definition) is 3. The number of allylic oxidation sites excluding steroid dienone is 2. The molecule has 12 nitrogen and oxygen atoms in total. The zero-order chi connectivity index (χ0) is 41.1. The van der Waals surface area contributed by atoms with Gasteiger partial charge in [0.15, 0.2) is 17.3 Å². The number of pyridine rings is 1. The zero-order valence-corrected chi connectivity index (χ0v) is 33.7. The van der Waals surface area contributed by atoms with E-state index in [1.807, 2.05) is 28.7 Å². The molecule has 1 aromatic heterocycles. The number of phenols is 1. The van der Waals surface area contributed by atoms with Gasteiger partial charge in [0.1, 0.15) is 0 Å². The number of ether oxygens (including phenoxy) is 1. The number of amides is 4. The number of carbonyl (C=O) groups is 5. The number of nitrogens with zero attached hydrogens (tertiary/aromatic N) is 3. The summed E-state index contributed by atoms with van der Waals surface area (Å²) in [5, 5.41) is 20.4. The van der Waals surface area contributed by atoms with Crippen molar-refractivity contribution in [3.8, 4) is 11.5 Å². The van der Waals surface area contributed by atoms with Crippen LogP contribution in [-0.4, -0.2) is 68.4 Å². The predicted octanol–water partition coefficient (Wildman–Crippen LogP) is 7.36. The highest BCUT2D eigenvalue weighted by Gasteiger charge is 2.70. The molecule has 6 atom stereocenters. The predicted molar refractivity (Wildman–Crippen MR) is 207 cm³/mol. The van der Waals surface area contributed by atoms with Gasteiger partial charge in [-0.1, -0.05) is 53.4 Å². The van der Waals surface area contributed by atoms with E-state index in [1.165, 1.54) is 12.0 Å². The normalized spacial score (nSPS) is 25.6. The Morgan fingerprint density at radius 3 is 2.40 bits per heavy atom. The van der Waals surface area contributed by atoms with Gasteiger partial charge in [-0.25, -0.2) is 4.98 Å².